The Kier molecular flexibility index (Phi) is 9.97. The predicted octanol–water partition coefficient (Wildman–Crippen LogP) is 2.20. The molecule has 0 aromatic heterocycles. The van der Waals surface area contributed by atoms with Gasteiger partial charge in [-0.05, 0) is 55.8 Å². The monoisotopic (exact) mass is 452 g/mol. The average Bonchev–Trinajstić information content (AvgIpc) is 2.74. The molecule has 1 aromatic carbocycles. The van der Waals surface area contributed by atoms with E-state index in [1.54, 1.807) is 0 Å². The number of carboxylic acid groups (broad SMARTS) is 2. The maximum absolute atomic E-state index is 12.5. The van der Waals surface area contributed by atoms with Gasteiger partial charge < -0.3 is 20.2 Å². The van der Waals surface area contributed by atoms with Crippen LogP contribution in [-0.2, 0) is 14.4 Å². The summed E-state index contributed by atoms with van der Waals surface area (Å²) in [5.41, 5.74) is 1.16. The molecule has 9 heteroatoms. The molecular weight excluding hydrogens is 424 g/mol. The van der Waals surface area contributed by atoms with Crippen LogP contribution in [-0.4, -0.2) is 81.8 Å². The first-order chi connectivity index (χ1) is 14.7. The SMILES string of the molecule is O=C(CN1CCCC(O)C1)N1CCC(C=Cc2ccc(Cl)cc2)CC1.O=C(O)C(=O)O. The Labute approximate surface area is 186 Å². The number of carbonyl (C=O) groups is 3. The van der Waals surface area contributed by atoms with E-state index in [-0.39, 0.29) is 12.0 Å². The van der Waals surface area contributed by atoms with Crippen LogP contribution in [0.2, 0.25) is 5.02 Å². The van der Waals surface area contributed by atoms with Crippen molar-refractivity contribution in [2.24, 2.45) is 5.92 Å². The maximum atomic E-state index is 12.5. The highest BCUT2D eigenvalue weighted by atomic mass is 35.5. The van der Waals surface area contributed by atoms with Crippen LogP contribution in [0.4, 0.5) is 0 Å². The average molecular weight is 453 g/mol. The number of rotatable bonds is 4. The van der Waals surface area contributed by atoms with Crippen molar-refractivity contribution in [2.45, 2.75) is 31.8 Å². The molecule has 0 radical (unpaired) electrons. The number of amides is 1. The van der Waals surface area contributed by atoms with E-state index >= 15 is 0 Å². The van der Waals surface area contributed by atoms with Gasteiger partial charge in [-0.2, -0.15) is 0 Å². The number of β-amino-alcohol motifs (C(OH)–C–C–N with tert-alkyl or cyclic N) is 1. The number of halogens is 1. The molecule has 0 aliphatic carbocycles. The third-order valence-electron chi connectivity index (χ3n) is 5.35. The second kappa shape index (κ2) is 12.4. The summed E-state index contributed by atoms with van der Waals surface area (Å²) >= 11 is 5.91. The van der Waals surface area contributed by atoms with Crippen LogP contribution in [0.25, 0.3) is 6.08 Å². The van der Waals surface area contributed by atoms with Crippen LogP contribution < -0.4 is 0 Å². The molecule has 1 unspecified atom stereocenters. The summed E-state index contributed by atoms with van der Waals surface area (Å²) in [6.45, 7) is 3.65. The topological polar surface area (TPSA) is 118 Å². The summed E-state index contributed by atoms with van der Waals surface area (Å²) in [6, 6.07) is 7.84. The van der Waals surface area contributed by atoms with Crippen LogP contribution in [0, 0.1) is 5.92 Å². The van der Waals surface area contributed by atoms with E-state index in [0.29, 0.717) is 19.0 Å². The van der Waals surface area contributed by atoms with Crippen molar-refractivity contribution in [1.29, 1.82) is 0 Å². The molecule has 0 saturated carbocycles. The molecule has 0 bridgehead atoms. The van der Waals surface area contributed by atoms with E-state index in [1.165, 1.54) is 0 Å². The van der Waals surface area contributed by atoms with Gasteiger partial charge in [0, 0.05) is 24.7 Å². The summed E-state index contributed by atoms with van der Waals surface area (Å²) in [7, 11) is 0. The number of aliphatic hydroxyl groups is 1. The highest BCUT2D eigenvalue weighted by molar-refractivity contribution is 6.30. The number of hydrogen-bond acceptors (Lipinski definition) is 5. The van der Waals surface area contributed by atoms with Crippen molar-refractivity contribution < 1.29 is 29.7 Å². The lowest BCUT2D eigenvalue weighted by Crippen LogP contribution is -2.47. The Morgan fingerprint density at radius 1 is 1.00 bits per heavy atom. The second-order valence-electron chi connectivity index (χ2n) is 7.77. The van der Waals surface area contributed by atoms with E-state index in [1.807, 2.05) is 29.2 Å². The zero-order valence-corrected chi connectivity index (χ0v) is 18.1. The predicted molar refractivity (Wildman–Crippen MR) is 117 cm³/mol. The molecule has 2 aliphatic heterocycles. The van der Waals surface area contributed by atoms with Gasteiger partial charge >= 0.3 is 11.9 Å². The van der Waals surface area contributed by atoms with E-state index in [2.05, 4.69) is 17.1 Å². The van der Waals surface area contributed by atoms with Gasteiger partial charge in [-0.25, -0.2) is 9.59 Å². The lowest BCUT2D eigenvalue weighted by atomic mass is 9.95. The molecule has 2 saturated heterocycles. The molecule has 8 nitrogen and oxygen atoms in total. The van der Waals surface area contributed by atoms with Crippen molar-refractivity contribution >= 4 is 35.5 Å². The second-order valence-corrected chi connectivity index (χ2v) is 8.21. The van der Waals surface area contributed by atoms with E-state index in [4.69, 9.17) is 31.4 Å². The molecule has 3 rings (SSSR count). The van der Waals surface area contributed by atoms with Crippen LogP contribution in [0.3, 0.4) is 0 Å². The number of aliphatic hydroxyl groups excluding tert-OH is 1. The van der Waals surface area contributed by atoms with Crippen molar-refractivity contribution in [1.82, 2.24) is 9.80 Å². The van der Waals surface area contributed by atoms with Gasteiger partial charge in [-0.1, -0.05) is 35.9 Å². The number of carbonyl (C=O) groups excluding carboxylic acids is 1. The number of aliphatic carboxylic acids is 2. The first kappa shape index (κ1) is 24.8. The van der Waals surface area contributed by atoms with E-state index in [0.717, 1.165) is 55.9 Å². The minimum atomic E-state index is -1.82. The molecule has 2 aliphatic rings. The van der Waals surface area contributed by atoms with Crippen molar-refractivity contribution in [3.05, 3.63) is 40.9 Å². The number of piperidine rings is 2. The first-order valence-electron chi connectivity index (χ1n) is 10.3. The molecule has 1 atom stereocenters. The van der Waals surface area contributed by atoms with Crippen molar-refractivity contribution in [3.63, 3.8) is 0 Å². The Morgan fingerprint density at radius 2 is 1.61 bits per heavy atom. The fraction of sp³-hybridized carbons (Fsp3) is 0.500. The van der Waals surface area contributed by atoms with Gasteiger partial charge in [0.05, 0.1) is 12.6 Å². The maximum Gasteiger partial charge on any atom is 0.414 e. The summed E-state index contributed by atoms with van der Waals surface area (Å²) in [5.74, 6) is -2.92. The fourth-order valence-electron chi connectivity index (χ4n) is 3.63. The van der Waals surface area contributed by atoms with Gasteiger partial charge in [0.15, 0.2) is 0 Å². The first-order valence-corrected chi connectivity index (χ1v) is 10.7. The highest BCUT2D eigenvalue weighted by Gasteiger charge is 2.25. The zero-order chi connectivity index (χ0) is 22.8. The number of hydrogen-bond donors (Lipinski definition) is 3. The molecule has 2 heterocycles. The van der Waals surface area contributed by atoms with Crippen LogP contribution in [0.5, 0.6) is 0 Å². The number of benzene rings is 1. The van der Waals surface area contributed by atoms with Gasteiger partial charge in [0.2, 0.25) is 5.91 Å². The largest absolute Gasteiger partial charge is 0.473 e. The molecular formula is C22H29ClN2O6. The van der Waals surface area contributed by atoms with Crippen molar-refractivity contribution in [2.75, 3.05) is 32.7 Å². The van der Waals surface area contributed by atoms with Crippen molar-refractivity contribution in [3.8, 4) is 0 Å². The van der Waals surface area contributed by atoms with E-state index < -0.39 is 11.9 Å². The third kappa shape index (κ3) is 9.08. The molecule has 0 spiro atoms. The van der Waals surface area contributed by atoms with Gasteiger partial charge in [-0.15, -0.1) is 0 Å². The van der Waals surface area contributed by atoms with Crippen LogP contribution >= 0.6 is 11.6 Å². The van der Waals surface area contributed by atoms with Crippen LogP contribution in [0.15, 0.2) is 30.3 Å². The Bertz CT molecular complexity index is 763. The summed E-state index contributed by atoms with van der Waals surface area (Å²) in [6.07, 6.45) is 7.99. The summed E-state index contributed by atoms with van der Waals surface area (Å²) in [4.78, 5) is 34.7. The number of carboxylic acids is 2. The normalized spacial score (nSPS) is 20.2. The minimum absolute atomic E-state index is 0.203. The fourth-order valence-corrected chi connectivity index (χ4v) is 3.75. The van der Waals surface area contributed by atoms with Gasteiger partial charge in [-0.3, -0.25) is 9.69 Å². The summed E-state index contributed by atoms with van der Waals surface area (Å²) in [5, 5.41) is 25.3. The lowest BCUT2D eigenvalue weighted by Gasteiger charge is -2.34. The Balaban J connectivity index is 0.000000501. The lowest BCUT2D eigenvalue weighted by molar-refractivity contribution is -0.159. The quantitative estimate of drug-likeness (QED) is 0.599. The standard InChI is InChI=1S/C20H27ClN2O2.C2H2O4/c21-18-7-5-16(6-8-18)3-4-17-9-12-23(13-10-17)20(25)15-22-11-1-2-19(24)14-22;3-1(4)2(5)6/h3-8,17,19,24H,1-2,9-15H2;(H,3,4)(H,5,6). The van der Waals surface area contributed by atoms with E-state index in [9.17, 15) is 9.90 Å². The highest BCUT2D eigenvalue weighted by Crippen LogP contribution is 2.21. The minimum Gasteiger partial charge on any atom is -0.473 e. The summed E-state index contributed by atoms with van der Waals surface area (Å²) < 4.78 is 0. The molecule has 2 fully saturated rings. The Hall–Kier alpha value is -2.42. The van der Waals surface area contributed by atoms with Crippen LogP contribution in [0.1, 0.15) is 31.2 Å². The number of allylic oxidation sites excluding steroid dienone is 1. The number of nitrogens with zero attached hydrogens (tertiary/aromatic N) is 2. The molecule has 1 aromatic rings. The van der Waals surface area contributed by atoms with Gasteiger partial charge in [0.1, 0.15) is 0 Å². The third-order valence-corrected chi connectivity index (χ3v) is 5.60. The Morgan fingerprint density at radius 3 is 2.16 bits per heavy atom. The molecule has 3 N–H and O–H groups in total. The smallest absolute Gasteiger partial charge is 0.414 e. The van der Waals surface area contributed by atoms with Gasteiger partial charge in [0.25, 0.3) is 0 Å². The number of likely N-dealkylation sites (tertiary alicyclic amines) is 2. The molecule has 1 amide bonds. The molecule has 31 heavy (non-hydrogen) atoms. The zero-order valence-electron chi connectivity index (χ0n) is 17.3. The molecule has 170 valence electrons.